The molecule has 0 radical (unpaired) electrons. The molecule has 0 heterocycles. The molecule has 0 aliphatic carbocycles. The molecule has 214 valence electrons. The molecule has 36 heavy (non-hydrogen) atoms. The fourth-order valence-electron chi connectivity index (χ4n) is 4.29. The lowest BCUT2D eigenvalue weighted by atomic mass is 10.0. The Morgan fingerprint density at radius 3 is 1.94 bits per heavy atom. The maximum atomic E-state index is 12.5. The summed E-state index contributed by atoms with van der Waals surface area (Å²) in [6, 6.07) is 0. The van der Waals surface area contributed by atoms with Gasteiger partial charge in [-0.25, -0.2) is 0 Å². The number of hydrogen-bond acceptors (Lipinski definition) is 5. The molecule has 0 spiro atoms. The van der Waals surface area contributed by atoms with Crippen molar-refractivity contribution in [3.8, 4) is 0 Å². The van der Waals surface area contributed by atoms with Crippen LogP contribution in [0.25, 0.3) is 0 Å². The molecule has 0 aromatic carbocycles. The molecule has 0 bridgehead atoms. The van der Waals surface area contributed by atoms with Gasteiger partial charge in [0.05, 0.1) is 0 Å². The molecule has 9 heteroatoms. The summed E-state index contributed by atoms with van der Waals surface area (Å²) in [6.07, 6.45) is 9.16. The molecule has 0 aliphatic rings. The molecule has 1 amide bonds. The first kappa shape index (κ1) is 36.1. The van der Waals surface area contributed by atoms with Gasteiger partial charge in [0.2, 0.25) is 5.91 Å². The van der Waals surface area contributed by atoms with Gasteiger partial charge in [0.25, 0.3) is 0 Å². The first-order valence-corrected chi connectivity index (χ1v) is 24.6. The van der Waals surface area contributed by atoms with E-state index in [4.69, 9.17) is 8.23 Å². The van der Waals surface area contributed by atoms with Gasteiger partial charge >= 0.3 is 8.56 Å². The SMILES string of the molecule is CC(C)CCCCCCCNC(=O)CCC(CC(=O)C(C)C)SC[Si](C)(C)O[Si](C)(C)O[Si](C)(C)C. The Balaban J connectivity index is 4.60. The summed E-state index contributed by atoms with van der Waals surface area (Å²) in [7, 11) is -5.82. The summed E-state index contributed by atoms with van der Waals surface area (Å²) in [5.74, 6) is 1.21. The molecule has 1 atom stereocenters. The summed E-state index contributed by atoms with van der Waals surface area (Å²) >= 11 is 1.83. The summed E-state index contributed by atoms with van der Waals surface area (Å²) in [4.78, 5) is 25.0. The zero-order valence-corrected chi connectivity index (χ0v) is 29.4. The predicted octanol–water partition coefficient (Wildman–Crippen LogP) is 7.91. The van der Waals surface area contributed by atoms with Gasteiger partial charge in [-0.15, -0.1) is 0 Å². The minimum absolute atomic E-state index is 0.0282. The third-order valence-corrected chi connectivity index (χ3v) is 18.7. The molecular weight excluding hydrogens is 519 g/mol. The van der Waals surface area contributed by atoms with E-state index in [1.165, 1.54) is 32.1 Å². The Morgan fingerprint density at radius 1 is 0.806 bits per heavy atom. The number of nitrogens with one attached hydrogen (secondary N) is 1. The van der Waals surface area contributed by atoms with Crippen LogP contribution in [0.3, 0.4) is 0 Å². The van der Waals surface area contributed by atoms with Crippen molar-refractivity contribution in [3.05, 3.63) is 0 Å². The Bertz CT molecular complexity index is 637. The van der Waals surface area contributed by atoms with E-state index >= 15 is 0 Å². The Hall–Kier alpha value is 0.0606. The first-order valence-electron chi connectivity index (χ1n) is 14.2. The van der Waals surface area contributed by atoms with E-state index in [1.54, 1.807) is 0 Å². The smallest absolute Gasteiger partial charge is 0.311 e. The van der Waals surface area contributed by atoms with Crippen LogP contribution in [0.5, 0.6) is 0 Å². The second-order valence-corrected chi connectivity index (χ2v) is 27.4. The standard InChI is InChI=1S/C27H59NO4SSi3/c1-23(2)17-15-13-12-14-16-20-28-27(30)19-18-25(21-26(29)24(3)4)33-22-35(8,9)32-36(10,11)31-34(5,6)7/h23-25H,12-22H2,1-11H3,(H,28,30). The second-order valence-electron chi connectivity index (χ2n) is 13.1. The molecule has 0 aliphatic heterocycles. The van der Waals surface area contributed by atoms with E-state index in [0.717, 1.165) is 30.7 Å². The van der Waals surface area contributed by atoms with Crippen LogP contribution in [0.2, 0.25) is 45.8 Å². The van der Waals surface area contributed by atoms with Crippen molar-refractivity contribution in [2.24, 2.45) is 11.8 Å². The van der Waals surface area contributed by atoms with Gasteiger partial charge in [-0.3, -0.25) is 9.59 Å². The number of unbranched alkanes of at least 4 members (excludes halogenated alkanes) is 4. The maximum Gasteiger partial charge on any atom is 0.311 e. The lowest BCUT2D eigenvalue weighted by molar-refractivity contribution is -0.123. The van der Waals surface area contributed by atoms with E-state index < -0.39 is 25.2 Å². The van der Waals surface area contributed by atoms with Crippen molar-refractivity contribution < 1.29 is 17.8 Å². The molecule has 0 rings (SSSR count). The number of amides is 1. The van der Waals surface area contributed by atoms with Crippen LogP contribution in [-0.4, -0.2) is 54.1 Å². The van der Waals surface area contributed by atoms with Crippen LogP contribution in [-0.2, 0) is 17.8 Å². The molecule has 0 aromatic rings. The molecule has 0 saturated heterocycles. The van der Waals surface area contributed by atoms with Crippen LogP contribution >= 0.6 is 11.8 Å². The summed E-state index contributed by atoms with van der Waals surface area (Å²) in [6.45, 7) is 24.7. The maximum absolute atomic E-state index is 12.5. The van der Waals surface area contributed by atoms with Crippen molar-refractivity contribution >= 4 is 48.6 Å². The van der Waals surface area contributed by atoms with Crippen molar-refractivity contribution in [1.29, 1.82) is 0 Å². The minimum atomic E-state index is -2.19. The number of Topliss-reactive ketones (excluding diaryl/α,β-unsaturated/α-hetero) is 1. The lowest BCUT2D eigenvalue weighted by Crippen LogP contribution is -2.52. The van der Waals surface area contributed by atoms with Crippen LogP contribution in [0.1, 0.15) is 85.5 Å². The Kier molecular flexibility index (Phi) is 17.6. The highest BCUT2D eigenvalue weighted by Crippen LogP contribution is 2.28. The summed E-state index contributed by atoms with van der Waals surface area (Å²) in [5.41, 5.74) is 0. The van der Waals surface area contributed by atoms with Gasteiger partial charge < -0.3 is 13.5 Å². The number of hydrogen-bond donors (Lipinski definition) is 1. The Morgan fingerprint density at radius 2 is 1.39 bits per heavy atom. The monoisotopic (exact) mass is 577 g/mol. The summed E-state index contributed by atoms with van der Waals surface area (Å²) < 4.78 is 13.0. The van der Waals surface area contributed by atoms with Gasteiger partial charge in [0.1, 0.15) is 5.78 Å². The quantitative estimate of drug-likeness (QED) is 0.111. The molecule has 0 fully saturated rings. The van der Waals surface area contributed by atoms with E-state index in [0.29, 0.717) is 12.8 Å². The fraction of sp³-hybridized carbons (Fsp3) is 0.926. The van der Waals surface area contributed by atoms with Gasteiger partial charge in [-0.2, -0.15) is 11.8 Å². The highest BCUT2D eigenvalue weighted by Gasteiger charge is 2.38. The second kappa shape index (κ2) is 17.6. The van der Waals surface area contributed by atoms with Crippen LogP contribution < -0.4 is 5.32 Å². The van der Waals surface area contributed by atoms with Crippen LogP contribution in [0, 0.1) is 11.8 Å². The average Bonchev–Trinajstić information content (AvgIpc) is 2.68. The number of rotatable bonds is 21. The number of ketones is 1. The van der Waals surface area contributed by atoms with Crippen molar-refractivity contribution in [2.45, 2.75) is 137 Å². The van der Waals surface area contributed by atoms with Crippen molar-refractivity contribution in [1.82, 2.24) is 5.32 Å². The fourth-order valence-corrected chi connectivity index (χ4v) is 19.9. The zero-order chi connectivity index (χ0) is 28.0. The number of carbonyl (C=O) groups is 2. The number of carbonyl (C=O) groups excluding carboxylic acids is 2. The summed E-state index contributed by atoms with van der Waals surface area (Å²) in [5, 5.41) is 4.16. The first-order chi connectivity index (χ1) is 16.4. The van der Waals surface area contributed by atoms with Gasteiger partial charge in [0.15, 0.2) is 16.6 Å². The highest BCUT2D eigenvalue weighted by molar-refractivity contribution is 8.01. The normalized spacial score (nSPS) is 13.9. The largest absolute Gasteiger partial charge is 0.437 e. The predicted molar refractivity (Wildman–Crippen MR) is 166 cm³/mol. The molecule has 0 aromatic heterocycles. The molecule has 1 N–H and O–H groups in total. The Labute approximate surface area is 231 Å². The van der Waals surface area contributed by atoms with E-state index in [-0.39, 0.29) is 22.9 Å². The van der Waals surface area contributed by atoms with E-state index in [1.807, 2.05) is 25.6 Å². The topological polar surface area (TPSA) is 64.6 Å². The molecular formula is C27H59NO4SSi3. The molecule has 5 nitrogen and oxygen atoms in total. The average molecular weight is 578 g/mol. The van der Waals surface area contributed by atoms with Crippen LogP contribution in [0.4, 0.5) is 0 Å². The number of thioether (sulfide) groups is 1. The van der Waals surface area contributed by atoms with Crippen molar-refractivity contribution in [3.63, 3.8) is 0 Å². The molecule has 0 saturated carbocycles. The van der Waals surface area contributed by atoms with Crippen molar-refractivity contribution in [2.75, 3.05) is 11.9 Å². The van der Waals surface area contributed by atoms with Gasteiger partial charge in [0, 0.05) is 35.9 Å². The minimum Gasteiger partial charge on any atom is -0.437 e. The highest BCUT2D eigenvalue weighted by atomic mass is 32.2. The van der Waals surface area contributed by atoms with E-state index in [9.17, 15) is 9.59 Å². The molecule has 1 unspecified atom stereocenters. The lowest BCUT2D eigenvalue weighted by Gasteiger charge is -2.37. The van der Waals surface area contributed by atoms with Crippen LogP contribution in [0.15, 0.2) is 0 Å². The van der Waals surface area contributed by atoms with Gasteiger partial charge in [-0.05, 0) is 64.6 Å². The van der Waals surface area contributed by atoms with E-state index in [2.05, 4.69) is 65.0 Å². The third kappa shape index (κ3) is 21.0. The third-order valence-electron chi connectivity index (χ3n) is 5.79. The zero-order valence-electron chi connectivity index (χ0n) is 25.6. The van der Waals surface area contributed by atoms with Gasteiger partial charge in [-0.1, -0.05) is 59.8 Å².